The number of hydrogen-bond donors (Lipinski definition) is 1. The molecule has 172 valence electrons. The minimum absolute atomic E-state index is 0.128. The molecule has 0 aliphatic rings. The third kappa shape index (κ3) is 5.34. The fourth-order valence-electron chi connectivity index (χ4n) is 3.44. The van der Waals surface area contributed by atoms with Crippen LogP contribution in [0.4, 0.5) is 4.39 Å². The van der Waals surface area contributed by atoms with E-state index in [0.29, 0.717) is 17.5 Å². The highest BCUT2D eigenvalue weighted by atomic mass is 32.2. The van der Waals surface area contributed by atoms with Gasteiger partial charge in [0.25, 0.3) is 0 Å². The predicted molar refractivity (Wildman–Crippen MR) is 122 cm³/mol. The van der Waals surface area contributed by atoms with Crippen LogP contribution < -0.4 is 5.32 Å². The summed E-state index contributed by atoms with van der Waals surface area (Å²) in [6.45, 7) is 2.96. The van der Waals surface area contributed by atoms with Crippen molar-refractivity contribution >= 4 is 27.0 Å². The van der Waals surface area contributed by atoms with Crippen LogP contribution in [-0.4, -0.2) is 42.3 Å². The Kier molecular flexibility index (Phi) is 7.63. The molecule has 2 aromatic carbocycles. The second-order valence-corrected chi connectivity index (χ2v) is 9.99. The Labute approximate surface area is 188 Å². The molecule has 3 rings (SSSR count). The lowest BCUT2D eigenvalue weighted by Crippen LogP contribution is -2.24. The molecule has 0 atom stereocenters. The molecule has 0 aliphatic heterocycles. The van der Waals surface area contributed by atoms with Gasteiger partial charge in [0.1, 0.15) is 11.6 Å². The first-order valence-corrected chi connectivity index (χ1v) is 12.1. The zero-order valence-corrected chi connectivity index (χ0v) is 19.5. The third-order valence-corrected chi connectivity index (χ3v) is 7.13. The van der Waals surface area contributed by atoms with Crippen LogP contribution in [0.1, 0.15) is 37.6 Å². The molecule has 32 heavy (non-hydrogen) atoms. The lowest BCUT2D eigenvalue weighted by molar-refractivity contribution is -0.121. The van der Waals surface area contributed by atoms with E-state index in [0.717, 1.165) is 30.7 Å². The van der Waals surface area contributed by atoms with Gasteiger partial charge in [-0.3, -0.25) is 4.79 Å². The smallest absolute Gasteiger partial charge is 0.242 e. The number of hydrogen-bond acceptors (Lipinski definition) is 4. The number of imidazole rings is 1. The molecular formula is C23H29FN4O3S. The topological polar surface area (TPSA) is 84.3 Å². The van der Waals surface area contributed by atoms with Crippen molar-refractivity contribution in [2.24, 2.45) is 0 Å². The number of carbonyl (C=O) groups excluding carboxylic acids is 1. The molecule has 0 unspecified atom stereocenters. The molecule has 1 aromatic heterocycles. The average Bonchev–Trinajstić information content (AvgIpc) is 3.12. The van der Waals surface area contributed by atoms with Crippen molar-refractivity contribution in [2.45, 2.75) is 50.6 Å². The Hall–Kier alpha value is -2.78. The van der Waals surface area contributed by atoms with E-state index in [1.54, 1.807) is 36.4 Å². The van der Waals surface area contributed by atoms with Gasteiger partial charge in [-0.2, -0.15) is 0 Å². The van der Waals surface area contributed by atoms with Crippen LogP contribution in [0, 0.1) is 5.82 Å². The Morgan fingerprint density at radius 3 is 2.62 bits per heavy atom. The van der Waals surface area contributed by atoms with Crippen molar-refractivity contribution in [2.75, 3.05) is 14.1 Å². The van der Waals surface area contributed by atoms with Crippen molar-refractivity contribution in [1.29, 1.82) is 0 Å². The minimum atomic E-state index is -3.56. The van der Waals surface area contributed by atoms with Crippen molar-refractivity contribution in [3.8, 4) is 0 Å². The van der Waals surface area contributed by atoms with Gasteiger partial charge in [0.2, 0.25) is 15.9 Å². The summed E-state index contributed by atoms with van der Waals surface area (Å²) in [4.78, 5) is 17.2. The Morgan fingerprint density at radius 2 is 1.94 bits per heavy atom. The number of rotatable bonds is 10. The molecule has 1 N–H and O–H groups in total. The normalized spacial score (nSPS) is 11.9. The summed E-state index contributed by atoms with van der Waals surface area (Å²) >= 11 is 0. The van der Waals surface area contributed by atoms with Gasteiger partial charge in [-0.1, -0.05) is 31.5 Å². The van der Waals surface area contributed by atoms with Crippen molar-refractivity contribution in [1.82, 2.24) is 19.2 Å². The summed E-state index contributed by atoms with van der Waals surface area (Å²) in [7, 11) is -0.581. The fraction of sp³-hybridized carbons (Fsp3) is 0.391. The lowest BCUT2D eigenvalue weighted by atomic mass is 10.2. The molecule has 0 saturated carbocycles. The number of fused-ring (bicyclic) bond motifs is 1. The monoisotopic (exact) mass is 460 g/mol. The van der Waals surface area contributed by atoms with E-state index < -0.39 is 10.0 Å². The highest BCUT2D eigenvalue weighted by Gasteiger charge is 2.20. The zero-order valence-electron chi connectivity index (χ0n) is 18.6. The molecule has 0 saturated heterocycles. The first-order valence-electron chi connectivity index (χ1n) is 10.7. The van der Waals surface area contributed by atoms with Crippen LogP contribution in [-0.2, 0) is 34.3 Å². The third-order valence-electron chi connectivity index (χ3n) is 5.32. The summed E-state index contributed by atoms with van der Waals surface area (Å²) in [6, 6.07) is 11.3. The van der Waals surface area contributed by atoms with Gasteiger partial charge in [-0.15, -0.1) is 0 Å². The number of aromatic nitrogens is 2. The number of carbonyl (C=O) groups is 1. The van der Waals surface area contributed by atoms with E-state index in [1.165, 1.54) is 24.5 Å². The first kappa shape index (κ1) is 23.9. The summed E-state index contributed by atoms with van der Waals surface area (Å²) in [5, 5.41) is 2.75. The van der Waals surface area contributed by atoms with E-state index in [4.69, 9.17) is 0 Å². The average molecular weight is 461 g/mol. The van der Waals surface area contributed by atoms with E-state index in [-0.39, 0.29) is 29.6 Å². The number of sulfonamides is 1. The molecule has 7 nitrogen and oxygen atoms in total. The second-order valence-electron chi connectivity index (χ2n) is 7.84. The van der Waals surface area contributed by atoms with Gasteiger partial charge < -0.3 is 9.88 Å². The quantitative estimate of drug-likeness (QED) is 0.502. The van der Waals surface area contributed by atoms with Crippen molar-refractivity contribution < 1.29 is 17.6 Å². The minimum Gasteiger partial charge on any atom is -0.352 e. The number of aryl methyl sites for hydroxylation is 2. The van der Waals surface area contributed by atoms with E-state index in [2.05, 4.69) is 21.8 Å². The van der Waals surface area contributed by atoms with Gasteiger partial charge in [0, 0.05) is 45.6 Å². The number of nitrogens with one attached hydrogen (secondary N) is 1. The van der Waals surface area contributed by atoms with Gasteiger partial charge in [-0.25, -0.2) is 22.1 Å². The lowest BCUT2D eigenvalue weighted by Gasteiger charge is -2.11. The van der Waals surface area contributed by atoms with Crippen LogP contribution in [0.5, 0.6) is 0 Å². The molecule has 0 bridgehead atoms. The maximum absolute atomic E-state index is 13.7. The maximum atomic E-state index is 13.7. The van der Waals surface area contributed by atoms with Crippen LogP contribution in [0.3, 0.4) is 0 Å². The van der Waals surface area contributed by atoms with Crippen LogP contribution >= 0.6 is 0 Å². The molecule has 0 radical (unpaired) electrons. The summed E-state index contributed by atoms with van der Waals surface area (Å²) in [5.74, 6) is 0.185. The van der Waals surface area contributed by atoms with Gasteiger partial charge in [0.05, 0.1) is 15.9 Å². The first-order chi connectivity index (χ1) is 15.2. The van der Waals surface area contributed by atoms with Gasteiger partial charge >= 0.3 is 0 Å². The summed E-state index contributed by atoms with van der Waals surface area (Å²) in [6.07, 6.45) is 2.54. The summed E-state index contributed by atoms with van der Waals surface area (Å²) < 4.78 is 41.9. The molecular weight excluding hydrogens is 431 g/mol. The molecule has 1 amide bonds. The SMILES string of the molecule is CCCCn1c(CCC(=O)NCc2ccccc2F)nc2cc(S(=O)(=O)N(C)C)ccc21. The largest absolute Gasteiger partial charge is 0.352 e. The number of halogens is 1. The van der Waals surface area contributed by atoms with Crippen LogP contribution in [0.15, 0.2) is 47.4 Å². The van der Waals surface area contributed by atoms with Crippen molar-refractivity contribution in [3.05, 3.63) is 59.7 Å². The molecule has 1 heterocycles. The molecule has 0 aliphatic carbocycles. The van der Waals surface area contributed by atoms with E-state index >= 15 is 0 Å². The highest BCUT2D eigenvalue weighted by Crippen LogP contribution is 2.23. The molecule has 0 spiro atoms. The molecule has 0 fully saturated rings. The number of amides is 1. The fourth-order valence-corrected chi connectivity index (χ4v) is 4.36. The van der Waals surface area contributed by atoms with E-state index in [9.17, 15) is 17.6 Å². The Bertz CT molecular complexity index is 1210. The number of nitrogens with zero attached hydrogens (tertiary/aromatic N) is 3. The van der Waals surface area contributed by atoms with Crippen molar-refractivity contribution in [3.63, 3.8) is 0 Å². The van der Waals surface area contributed by atoms with Crippen LogP contribution in [0.2, 0.25) is 0 Å². The number of unbranched alkanes of at least 4 members (excludes halogenated alkanes) is 1. The van der Waals surface area contributed by atoms with Gasteiger partial charge in [0.15, 0.2) is 0 Å². The second kappa shape index (κ2) is 10.2. The predicted octanol–water partition coefficient (Wildman–Crippen LogP) is 3.47. The van der Waals surface area contributed by atoms with E-state index in [1.807, 2.05) is 0 Å². The summed E-state index contributed by atoms with van der Waals surface area (Å²) in [5.41, 5.74) is 1.87. The Balaban J connectivity index is 1.78. The molecule has 3 aromatic rings. The molecule has 9 heteroatoms. The van der Waals surface area contributed by atoms with Crippen LogP contribution in [0.25, 0.3) is 11.0 Å². The Morgan fingerprint density at radius 1 is 1.19 bits per heavy atom. The highest BCUT2D eigenvalue weighted by molar-refractivity contribution is 7.89. The standard InChI is InChI=1S/C23H29FN4O3S/c1-4-5-14-28-21-11-10-18(32(30,31)27(2)3)15-20(21)26-22(28)12-13-23(29)25-16-17-8-6-7-9-19(17)24/h6-11,15H,4-5,12-14,16H2,1-3H3,(H,25,29). The maximum Gasteiger partial charge on any atom is 0.242 e. The zero-order chi connectivity index (χ0) is 23.3. The number of benzene rings is 2. The van der Waals surface area contributed by atoms with Gasteiger partial charge in [-0.05, 0) is 30.7 Å².